The van der Waals surface area contributed by atoms with E-state index in [0.717, 1.165) is 17.5 Å². The normalized spacial score (nSPS) is 20.8. The second kappa shape index (κ2) is 12.0. The van der Waals surface area contributed by atoms with Crippen molar-refractivity contribution in [3.8, 4) is 11.5 Å². The third-order valence-corrected chi connectivity index (χ3v) is 8.42. The number of rotatable bonds is 13. The fourth-order valence-electron chi connectivity index (χ4n) is 5.80. The standard InChI is InChI=1S/C30H37ClN2O6/c1-5-23(20-7-9-21(31)10-8-20)32(18-22-28(29(36)37)30(22,2)3)17-19-6-11-24(25(16-19)38-4)39-15-14-33-26(34)12-13-27(33)35/h6-11,16,22-23,28H,5,12-15,17-18H2,1-4H3,(H,36,37)/t22-,23?,28?/m0/s1. The van der Waals surface area contributed by atoms with Crippen molar-refractivity contribution >= 4 is 29.4 Å². The number of likely N-dealkylation sites (tertiary alicyclic amines) is 1. The molecule has 0 aromatic heterocycles. The van der Waals surface area contributed by atoms with Crippen molar-refractivity contribution < 1.29 is 29.0 Å². The Balaban J connectivity index is 1.52. The van der Waals surface area contributed by atoms with Crippen LogP contribution in [0.2, 0.25) is 5.02 Å². The molecular weight excluding hydrogens is 520 g/mol. The summed E-state index contributed by atoms with van der Waals surface area (Å²) in [5, 5.41) is 10.4. The molecule has 1 aliphatic carbocycles. The first-order chi connectivity index (χ1) is 18.6. The zero-order valence-electron chi connectivity index (χ0n) is 23.0. The van der Waals surface area contributed by atoms with Gasteiger partial charge in [0, 0.05) is 37.0 Å². The molecule has 0 radical (unpaired) electrons. The summed E-state index contributed by atoms with van der Waals surface area (Å²) in [5.41, 5.74) is 1.86. The number of carbonyl (C=O) groups excluding carboxylic acids is 2. The molecule has 9 heteroatoms. The minimum Gasteiger partial charge on any atom is -0.493 e. The van der Waals surface area contributed by atoms with Crippen molar-refractivity contribution in [2.45, 2.75) is 52.6 Å². The van der Waals surface area contributed by atoms with Gasteiger partial charge >= 0.3 is 5.97 Å². The number of amides is 2. The first kappa shape index (κ1) is 28.9. The minimum absolute atomic E-state index is 0.0388. The van der Waals surface area contributed by atoms with Crippen molar-refractivity contribution in [1.82, 2.24) is 9.80 Å². The van der Waals surface area contributed by atoms with E-state index in [-0.39, 0.29) is 61.1 Å². The monoisotopic (exact) mass is 556 g/mol. The van der Waals surface area contributed by atoms with Crippen molar-refractivity contribution in [1.29, 1.82) is 0 Å². The number of ether oxygens (including phenoxy) is 2. The number of carboxylic acid groups (broad SMARTS) is 1. The number of methoxy groups -OCH3 is 1. The van der Waals surface area contributed by atoms with Gasteiger partial charge in [0.2, 0.25) is 11.8 Å². The molecule has 3 atom stereocenters. The molecule has 210 valence electrons. The highest BCUT2D eigenvalue weighted by atomic mass is 35.5. The quantitative estimate of drug-likeness (QED) is 0.339. The molecule has 39 heavy (non-hydrogen) atoms. The average Bonchev–Trinajstić information content (AvgIpc) is 3.30. The summed E-state index contributed by atoms with van der Waals surface area (Å²) in [6.07, 6.45) is 1.36. The van der Waals surface area contributed by atoms with E-state index >= 15 is 0 Å². The van der Waals surface area contributed by atoms with Gasteiger partial charge in [-0.2, -0.15) is 0 Å². The Hall–Kier alpha value is -3.10. The lowest BCUT2D eigenvalue weighted by Crippen LogP contribution is -2.33. The summed E-state index contributed by atoms with van der Waals surface area (Å²) < 4.78 is 11.5. The number of hydrogen-bond donors (Lipinski definition) is 1. The van der Waals surface area contributed by atoms with Gasteiger partial charge in [-0.15, -0.1) is 0 Å². The van der Waals surface area contributed by atoms with Crippen LogP contribution in [-0.2, 0) is 20.9 Å². The van der Waals surface area contributed by atoms with Gasteiger partial charge in [-0.3, -0.25) is 24.2 Å². The third-order valence-electron chi connectivity index (χ3n) is 8.17. The second-order valence-electron chi connectivity index (χ2n) is 10.9. The number of hydrogen-bond acceptors (Lipinski definition) is 6. The molecule has 1 saturated heterocycles. The van der Waals surface area contributed by atoms with Crippen molar-refractivity contribution in [3.05, 3.63) is 58.6 Å². The molecular formula is C30H37ClN2O6. The molecule has 8 nitrogen and oxygen atoms in total. The smallest absolute Gasteiger partial charge is 0.307 e. The molecule has 2 amide bonds. The lowest BCUT2D eigenvalue weighted by molar-refractivity contribution is -0.140. The molecule has 1 heterocycles. The number of benzene rings is 2. The fraction of sp³-hybridized carbons (Fsp3) is 0.500. The van der Waals surface area contributed by atoms with Crippen molar-refractivity contribution in [3.63, 3.8) is 0 Å². The average molecular weight is 557 g/mol. The number of carboxylic acids is 1. The summed E-state index contributed by atoms with van der Waals surface area (Å²) in [6.45, 7) is 7.80. The maximum absolute atomic E-state index is 11.9. The predicted octanol–water partition coefficient (Wildman–Crippen LogP) is 5.19. The van der Waals surface area contributed by atoms with Crippen LogP contribution in [0.5, 0.6) is 11.5 Å². The summed E-state index contributed by atoms with van der Waals surface area (Å²) in [6, 6.07) is 13.6. The van der Waals surface area contributed by atoms with Crippen LogP contribution in [0.4, 0.5) is 0 Å². The zero-order chi connectivity index (χ0) is 28.3. The van der Waals surface area contributed by atoms with Crippen LogP contribution in [0.25, 0.3) is 0 Å². The minimum atomic E-state index is -0.745. The fourth-order valence-corrected chi connectivity index (χ4v) is 5.93. The molecule has 1 saturated carbocycles. The van der Waals surface area contributed by atoms with E-state index in [0.29, 0.717) is 29.6 Å². The largest absolute Gasteiger partial charge is 0.493 e. The summed E-state index contributed by atoms with van der Waals surface area (Å²) >= 11 is 6.15. The second-order valence-corrected chi connectivity index (χ2v) is 11.4. The van der Waals surface area contributed by atoms with E-state index in [1.54, 1.807) is 7.11 Å². The molecule has 2 aromatic rings. The highest BCUT2D eigenvalue weighted by Gasteiger charge is 2.62. The van der Waals surface area contributed by atoms with Gasteiger partial charge in [-0.05, 0) is 53.1 Å². The summed E-state index contributed by atoms with van der Waals surface area (Å²) in [5.74, 6) is -0.321. The van der Waals surface area contributed by atoms with Gasteiger partial charge in [0.05, 0.1) is 19.6 Å². The first-order valence-corrected chi connectivity index (χ1v) is 13.8. The number of nitrogens with zero attached hydrogens (tertiary/aromatic N) is 2. The van der Waals surface area contributed by atoms with Gasteiger partial charge in [0.1, 0.15) is 6.61 Å². The van der Waals surface area contributed by atoms with Crippen LogP contribution < -0.4 is 9.47 Å². The Morgan fingerprint density at radius 3 is 2.36 bits per heavy atom. The van der Waals surface area contributed by atoms with E-state index in [1.807, 2.05) is 56.3 Å². The molecule has 0 spiro atoms. The van der Waals surface area contributed by atoms with Crippen molar-refractivity contribution in [2.75, 3.05) is 26.8 Å². The number of carbonyl (C=O) groups is 3. The van der Waals surface area contributed by atoms with Gasteiger partial charge in [0.15, 0.2) is 11.5 Å². The van der Waals surface area contributed by atoms with Crippen LogP contribution in [0.15, 0.2) is 42.5 Å². The van der Waals surface area contributed by atoms with E-state index in [2.05, 4.69) is 11.8 Å². The maximum atomic E-state index is 11.9. The van der Waals surface area contributed by atoms with E-state index in [9.17, 15) is 19.5 Å². The Morgan fingerprint density at radius 2 is 1.79 bits per heavy atom. The Bertz CT molecular complexity index is 1200. The molecule has 1 N–H and O–H groups in total. The highest BCUT2D eigenvalue weighted by Crippen LogP contribution is 2.59. The Morgan fingerprint density at radius 1 is 1.13 bits per heavy atom. The lowest BCUT2D eigenvalue weighted by atomic mass is 10.0. The SMILES string of the molecule is CCC(c1ccc(Cl)cc1)N(Cc1ccc(OCCN2C(=O)CCC2=O)c(OC)c1)C[C@H]1C(C(=O)O)C1(C)C. The Kier molecular flexibility index (Phi) is 8.86. The van der Waals surface area contributed by atoms with E-state index < -0.39 is 5.97 Å². The van der Waals surface area contributed by atoms with Crippen LogP contribution in [0, 0.1) is 17.3 Å². The lowest BCUT2D eigenvalue weighted by Gasteiger charge is -2.32. The van der Waals surface area contributed by atoms with E-state index in [4.69, 9.17) is 21.1 Å². The third kappa shape index (κ3) is 6.39. The van der Waals surface area contributed by atoms with Crippen LogP contribution in [0.3, 0.4) is 0 Å². The maximum Gasteiger partial charge on any atom is 0.307 e. The van der Waals surface area contributed by atoms with Crippen LogP contribution in [-0.4, -0.2) is 59.5 Å². The molecule has 2 fully saturated rings. The number of halogens is 1. The molecule has 1 aliphatic heterocycles. The van der Waals surface area contributed by atoms with E-state index in [1.165, 1.54) is 4.90 Å². The molecule has 0 bridgehead atoms. The van der Waals surface area contributed by atoms with Gasteiger partial charge in [-0.1, -0.05) is 50.6 Å². The molecule has 2 aliphatic rings. The number of imide groups is 1. The summed E-state index contributed by atoms with van der Waals surface area (Å²) in [4.78, 5) is 39.2. The van der Waals surface area contributed by atoms with Gasteiger partial charge in [-0.25, -0.2) is 0 Å². The first-order valence-electron chi connectivity index (χ1n) is 13.4. The van der Waals surface area contributed by atoms with Crippen molar-refractivity contribution in [2.24, 2.45) is 17.3 Å². The molecule has 4 rings (SSSR count). The Labute approximate surface area is 234 Å². The highest BCUT2D eigenvalue weighted by molar-refractivity contribution is 6.30. The zero-order valence-corrected chi connectivity index (χ0v) is 23.7. The van der Waals surface area contributed by atoms with Gasteiger partial charge < -0.3 is 14.6 Å². The number of aliphatic carboxylic acids is 1. The predicted molar refractivity (Wildman–Crippen MR) is 148 cm³/mol. The summed E-state index contributed by atoms with van der Waals surface area (Å²) in [7, 11) is 1.57. The van der Waals surface area contributed by atoms with Crippen LogP contribution in [0.1, 0.15) is 57.2 Å². The van der Waals surface area contributed by atoms with Gasteiger partial charge in [0.25, 0.3) is 0 Å². The molecule has 2 unspecified atom stereocenters. The topological polar surface area (TPSA) is 96.4 Å². The van der Waals surface area contributed by atoms with Crippen LogP contribution >= 0.6 is 11.6 Å². The molecule has 2 aromatic carbocycles.